The second-order valence-corrected chi connectivity index (χ2v) is 4.14. The molecule has 1 aromatic rings. The Morgan fingerprint density at radius 1 is 1.47 bits per heavy atom. The van der Waals surface area contributed by atoms with Gasteiger partial charge in [-0.25, -0.2) is 9.18 Å². The van der Waals surface area contributed by atoms with Crippen LogP contribution in [0.5, 0.6) is 0 Å². The lowest BCUT2D eigenvalue weighted by atomic mass is 10.2. The molecule has 0 radical (unpaired) electrons. The van der Waals surface area contributed by atoms with E-state index in [1.807, 2.05) is 0 Å². The predicted octanol–water partition coefficient (Wildman–Crippen LogP) is 3.55. The number of hydrogen-bond acceptors (Lipinski definition) is 3. The fourth-order valence-electron chi connectivity index (χ4n) is 1.12. The van der Waals surface area contributed by atoms with E-state index in [0.29, 0.717) is 12.0 Å². The average molecular weight is 252 g/mol. The molecule has 17 heavy (non-hydrogen) atoms. The Morgan fingerprint density at radius 3 is 2.65 bits per heavy atom. The first-order valence-electron chi connectivity index (χ1n) is 4.98. The molecule has 0 aromatic heterocycles. The van der Waals surface area contributed by atoms with Crippen molar-refractivity contribution < 1.29 is 13.9 Å². The van der Waals surface area contributed by atoms with Gasteiger partial charge in [-0.2, -0.15) is 0 Å². The van der Waals surface area contributed by atoms with Crippen molar-refractivity contribution in [3.63, 3.8) is 0 Å². The quantitative estimate of drug-likeness (QED) is 0.347. The summed E-state index contributed by atoms with van der Waals surface area (Å²) in [5.74, 6) is -0.655. The van der Waals surface area contributed by atoms with Gasteiger partial charge in [-0.1, -0.05) is 17.8 Å². The summed E-state index contributed by atoms with van der Waals surface area (Å²) in [6.45, 7) is 3.58. The van der Waals surface area contributed by atoms with Crippen LogP contribution in [-0.4, -0.2) is 13.1 Å². The summed E-state index contributed by atoms with van der Waals surface area (Å²) in [4.78, 5) is 12.2. The Balaban J connectivity index is 2.74. The number of esters is 1. The number of rotatable bonds is 5. The van der Waals surface area contributed by atoms with Gasteiger partial charge in [0.15, 0.2) is 0 Å². The largest absolute Gasteiger partial charge is 0.466 e. The van der Waals surface area contributed by atoms with Crippen LogP contribution in [0.25, 0.3) is 0 Å². The highest BCUT2D eigenvalue weighted by Crippen LogP contribution is 2.22. The lowest BCUT2D eigenvalue weighted by Crippen LogP contribution is -2.03. The zero-order chi connectivity index (χ0) is 12.7. The molecule has 0 aliphatic rings. The third-order valence-electron chi connectivity index (χ3n) is 1.96. The van der Waals surface area contributed by atoms with Crippen LogP contribution in [0, 0.1) is 5.82 Å². The lowest BCUT2D eigenvalue weighted by molar-refractivity contribution is -0.136. The summed E-state index contributed by atoms with van der Waals surface area (Å²) < 4.78 is 17.3. The van der Waals surface area contributed by atoms with E-state index >= 15 is 0 Å². The standard InChI is InChI=1S/C13H13FO2S/c1-3-4-10(13(15)16-2)9-17-12-7-5-11(14)6-8-12/h3,5-9H,1,4H2,2H3/b10-9-. The molecule has 0 heterocycles. The Kier molecular flexibility index (Phi) is 5.49. The van der Waals surface area contributed by atoms with Gasteiger partial charge in [0.25, 0.3) is 0 Å². The van der Waals surface area contributed by atoms with Gasteiger partial charge in [0.2, 0.25) is 0 Å². The summed E-state index contributed by atoms with van der Waals surface area (Å²) in [5, 5.41) is 1.70. The van der Waals surface area contributed by atoms with Gasteiger partial charge >= 0.3 is 5.97 Å². The maximum absolute atomic E-state index is 12.7. The van der Waals surface area contributed by atoms with Crippen LogP contribution in [0.2, 0.25) is 0 Å². The Hall–Kier alpha value is -1.55. The Labute approximate surface area is 104 Å². The van der Waals surface area contributed by atoms with Crippen molar-refractivity contribution in [3.8, 4) is 0 Å². The Bertz CT molecular complexity index is 424. The highest BCUT2D eigenvalue weighted by Gasteiger charge is 2.07. The molecule has 0 saturated carbocycles. The van der Waals surface area contributed by atoms with E-state index in [1.54, 1.807) is 23.6 Å². The SMILES string of the molecule is C=CC/C(=C/Sc1ccc(F)cc1)C(=O)OC. The molecule has 0 aliphatic carbocycles. The number of methoxy groups -OCH3 is 1. The summed E-state index contributed by atoms with van der Waals surface area (Å²) in [5.41, 5.74) is 0.525. The molecule has 0 amide bonds. The molecule has 0 aliphatic heterocycles. The van der Waals surface area contributed by atoms with Gasteiger partial charge in [0.05, 0.1) is 7.11 Å². The third kappa shape index (κ3) is 4.44. The summed E-state index contributed by atoms with van der Waals surface area (Å²) in [6, 6.07) is 6.06. The molecule has 2 nitrogen and oxygen atoms in total. The Morgan fingerprint density at radius 2 is 2.12 bits per heavy atom. The molecule has 0 saturated heterocycles. The number of thioether (sulfide) groups is 1. The molecular weight excluding hydrogens is 239 g/mol. The maximum Gasteiger partial charge on any atom is 0.334 e. The normalized spacial score (nSPS) is 11.1. The topological polar surface area (TPSA) is 26.3 Å². The van der Waals surface area contributed by atoms with Crippen molar-refractivity contribution in [2.75, 3.05) is 7.11 Å². The predicted molar refractivity (Wildman–Crippen MR) is 67.2 cm³/mol. The monoisotopic (exact) mass is 252 g/mol. The molecule has 0 spiro atoms. The minimum absolute atomic E-state index is 0.280. The summed E-state index contributed by atoms with van der Waals surface area (Å²) in [7, 11) is 1.34. The smallest absolute Gasteiger partial charge is 0.334 e. The van der Waals surface area contributed by atoms with E-state index in [-0.39, 0.29) is 11.8 Å². The first-order chi connectivity index (χ1) is 8.17. The third-order valence-corrected chi connectivity index (χ3v) is 2.91. The second-order valence-electron chi connectivity index (χ2n) is 3.20. The number of benzene rings is 1. The van der Waals surface area contributed by atoms with Crippen LogP contribution in [0.3, 0.4) is 0 Å². The number of carbonyl (C=O) groups excluding carboxylic acids is 1. The second kappa shape index (κ2) is 6.91. The van der Waals surface area contributed by atoms with E-state index in [1.165, 1.54) is 31.0 Å². The zero-order valence-corrected chi connectivity index (χ0v) is 10.3. The van der Waals surface area contributed by atoms with Crippen LogP contribution in [0.15, 0.2) is 52.8 Å². The van der Waals surface area contributed by atoms with Crippen molar-refractivity contribution in [3.05, 3.63) is 53.7 Å². The molecule has 1 rings (SSSR count). The van der Waals surface area contributed by atoms with Crippen LogP contribution >= 0.6 is 11.8 Å². The van der Waals surface area contributed by atoms with Gasteiger partial charge in [0, 0.05) is 10.5 Å². The fraction of sp³-hybridized carbons (Fsp3) is 0.154. The average Bonchev–Trinajstić information content (AvgIpc) is 2.35. The highest BCUT2D eigenvalue weighted by atomic mass is 32.2. The van der Waals surface area contributed by atoms with Gasteiger partial charge in [-0.05, 0) is 36.1 Å². The van der Waals surface area contributed by atoms with E-state index in [9.17, 15) is 9.18 Å². The molecule has 0 unspecified atom stereocenters. The summed E-state index contributed by atoms with van der Waals surface area (Å²) in [6.07, 6.45) is 2.08. The van der Waals surface area contributed by atoms with Crippen molar-refractivity contribution in [2.45, 2.75) is 11.3 Å². The summed E-state index contributed by atoms with van der Waals surface area (Å²) >= 11 is 1.34. The highest BCUT2D eigenvalue weighted by molar-refractivity contribution is 8.02. The van der Waals surface area contributed by atoms with Crippen LogP contribution in [-0.2, 0) is 9.53 Å². The number of hydrogen-bond donors (Lipinski definition) is 0. The molecule has 0 N–H and O–H groups in total. The van der Waals surface area contributed by atoms with Crippen molar-refractivity contribution >= 4 is 17.7 Å². The zero-order valence-electron chi connectivity index (χ0n) is 9.48. The molecule has 1 aromatic carbocycles. The van der Waals surface area contributed by atoms with Crippen LogP contribution < -0.4 is 0 Å². The molecule has 4 heteroatoms. The minimum Gasteiger partial charge on any atom is -0.466 e. The van der Waals surface area contributed by atoms with E-state index in [0.717, 1.165) is 4.90 Å². The molecule has 0 bridgehead atoms. The lowest BCUT2D eigenvalue weighted by Gasteiger charge is -2.02. The van der Waals surface area contributed by atoms with Crippen LogP contribution in [0.4, 0.5) is 4.39 Å². The maximum atomic E-state index is 12.7. The van der Waals surface area contributed by atoms with Gasteiger partial charge in [0.1, 0.15) is 5.82 Å². The molecular formula is C13H13FO2S. The number of halogens is 1. The first-order valence-corrected chi connectivity index (χ1v) is 5.86. The van der Waals surface area contributed by atoms with Gasteiger partial charge in [-0.3, -0.25) is 0 Å². The fourth-order valence-corrected chi connectivity index (χ4v) is 1.88. The number of ether oxygens (including phenoxy) is 1. The van der Waals surface area contributed by atoms with E-state index in [4.69, 9.17) is 0 Å². The van der Waals surface area contributed by atoms with E-state index < -0.39 is 0 Å². The van der Waals surface area contributed by atoms with Crippen molar-refractivity contribution in [1.29, 1.82) is 0 Å². The molecule has 0 fully saturated rings. The van der Waals surface area contributed by atoms with Crippen molar-refractivity contribution in [1.82, 2.24) is 0 Å². The number of allylic oxidation sites excluding steroid dienone is 1. The van der Waals surface area contributed by atoms with Gasteiger partial charge in [-0.15, -0.1) is 6.58 Å². The molecule has 90 valence electrons. The minimum atomic E-state index is -0.375. The first kappa shape index (κ1) is 13.5. The molecule has 0 atom stereocenters. The van der Waals surface area contributed by atoms with Crippen molar-refractivity contribution in [2.24, 2.45) is 0 Å². The van der Waals surface area contributed by atoms with Gasteiger partial charge < -0.3 is 4.74 Å². The van der Waals surface area contributed by atoms with E-state index in [2.05, 4.69) is 11.3 Å². The van der Waals surface area contributed by atoms with Crippen LogP contribution in [0.1, 0.15) is 6.42 Å². The number of carbonyl (C=O) groups is 1.